The largest absolute Gasteiger partial charge is 0.831 e. The summed E-state index contributed by atoms with van der Waals surface area (Å²) in [4.78, 5) is 23.8. The number of hydrogen-bond acceptors (Lipinski definition) is 9. The molecule has 0 heterocycles. The first kappa shape index (κ1) is 22.0. The van der Waals surface area contributed by atoms with Crippen LogP contribution in [-0.2, 0) is 9.51 Å². The lowest BCUT2D eigenvalue weighted by Gasteiger charge is -2.02. The van der Waals surface area contributed by atoms with Crippen molar-refractivity contribution in [2.24, 2.45) is 20.8 Å². The average Bonchev–Trinajstić information content (AvgIpc) is 2.73. The normalized spacial score (nSPS) is 10.7. The molecule has 0 fully saturated rings. The summed E-state index contributed by atoms with van der Waals surface area (Å²) in [6.45, 7) is 0. The summed E-state index contributed by atoms with van der Waals surface area (Å²) in [5, 5.41) is 22.0. The number of hydrogen-bond donors (Lipinski definition) is 1. The molecule has 0 aromatic heterocycles. The van der Waals surface area contributed by atoms with Gasteiger partial charge in [0.15, 0.2) is 46.0 Å². The van der Waals surface area contributed by atoms with Crippen LogP contribution in [0.4, 0.5) is 0 Å². The van der Waals surface area contributed by atoms with Crippen molar-refractivity contribution in [3.8, 4) is 11.5 Å². The zero-order valence-corrected chi connectivity index (χ0v) is 18.0. The van der Waals surface area contributed by atoms with Gasteiger partial charge in [-0.2, -0.15) is 0 Å². The first-order valence-corrected chi connectivity index (χ1v) is 8.98. The Balaban J connectivity index is 1.86. The van der Waals surface area contributed by atoms with E-state index in [-0.39, 0.29) is 22.6 Å². The molecular weight excluding hydrogens is 601 g/mol. The number of para-hydroxylation sites is 2. The lowest BCUT2D eigenvalue weighted by atomic mass is 10.2. The molecule has 0 unspecified atom stereocenters. The van der Waals surface area contributed by atoms with E-state index in [0.717, 1.165) is 0 Å². The minimum absolute atomic E-state index is 0.140. The summed E-state index contributed by atoms with van der Waals surface area (Å²) >= 11 is 3.23. The van der Waals surface area contributed by atoms with Crippen molar-refractivity contribution in [3.05, 3.63) is 59.7 Å². The molecule has 2 amide bonds. The molecule has 0 bridgehead atoms. The van der Waals surface area contributed by atoms with Crippen LogP contribution >= 0.6 is 46.0 Å². The van der Waals surface area contributed by atoms with Crippen molar-refractivity contribution in [1.82, 2.24) is 0 Å². The zero-order valence-electron chi connectivity index (χ0n) is 13.6. The molecule has 2 rings (SSSR count). The molecule has 1 N–H and O–H groups in total. The standard InChI is InChI=1S/C14H9BI2N4O7/c16-25-11-7-3-1-5-9(11)13(22)18-20-27-15(24)28-21-19-14(23)10-6-2-4-8-12(10)26-17/h1-8,24H. The number of carbonyl (C=O) groups excluding carboxylic acids is 2. The molecule has 0 saturated heterocycles. The van der Waals surface area contributed by atoms with E-state index in [1.54, 1.807) is 82.4 Å². The lowest BCUT2D eigenvalue weighted by molar-refractivity contribution is 0.0910. The molecule has 14 heteroatoms. The molecule has 11 nitrogen and oxygen atoms in total. The number of rotatable bonds is 8. The Bertz CT molecular complexity index is 828. The van der Waals surface area contributed by atoms with Crippen molar-refractivity contribution < 1.29 is 30.3 Å². The maximum Gasteiger partial charge on any atom is 0.831 e. The van der Waals surface area contributed by atoms with E-state index >= 15 is 0 Å². The van der Waals surface area contributed by atoms with Gasteiger partial charge >= 0.3 is 19.1 Å². The topological polar surface area (TPSA) is 141 Å². The van der Waals surface area contributed by atoms with Crippen molar-refractivity contribution in [2.75, 3.05) is 0 Å². The second-order valence-corrected chi connectivity index (χ2v) is 5.52. The highest BCUT2D eigenvalue weighted by Crippen LogP contribution is 2.21. The van der Waals surface area contributed by atoms with Crippen molar-refractivity contribution in [3.63, 3.8) is 0 Å². The third kappa shape index (κ3) is 6.38. The highest BCUT2D eigenvalue weighted by Gasteiger charge is 2.22. The predicted molar refractivity (Wildman–Crippen MR) is 111 cm³/mol. The van der Waals surface area contributed by atoms with Gasteiger partial charge in [0, 0.05) is 10.6 Å². The predicted octanol–water partition coefficient (Wildman–Crippen LogP) is 3.87. The second kappa shape index (κ2) is 11.5. The van der Waals surface area contributed by atoms with Crippen LogP contribution in [0, 0.1) is 0 Å². The molecule has 2 aromatic carbocycles. The number of benzene rings is 2. The molecular formula is C14H9BI2N4O7. The van der Waals surface area contributed by atoms with Crippen molar-refractivity contribution >= 4 is 65.1 Å². The van der Waals surface area contributed by atoms with Crippen molar-refractivity contribution in [1.29, 1.82) is 0 Å². The molecule has 2 aromatic rings. The van der Waals surface area contributed by atoms with Gasteiger partial charge in [-0.25, -0.2) is 0 Å². The van der Waals surface area contributed by atoms with Gasteiger partial charge in [-0.3, -0.25) is 9.59 Å². The smallest absolute Gasteiger partial charge is 0.427 e. The van der Waals surface area contributed by atoms with Crippen LogP contribution in [0.2, 0.25) is 0 Å². The summed E-state index contributed by atoms with van der Waals surface area (Å²) in [6.07, 6.45) is 0. The van der Waals surface area contributed by atoms with Gasteiger partial charge in [-0.1, -0.05) is 34.5 Å². The number of halogens is 2. The van der Waals surface area contributed by atoms with E-state index < -0.39 is 19.1 Å². The molecule has 0 radical (unpaired) electrons. The third-order valence-corrected chi connectivity index (χ3v) is 3.89. The molecule has 0 aliphatic heterocycles. The average molecular weight is 610 g/mol. The van der Waals surface area contributed by atoms with Crippen LogP contribution in [0.15, 0.2) is 69.3 Å². The summed E-state index contributed by atoms with van der Waals surface area (Å²) in [5.41, 5.74) is 0.280. The van der Waals surface area contributed by atoms with Crippen LogP contribution < -0.4 is 6.13 Å². The van der Waals surface area contributed by atoms with Gasteiger partial charge in [0.2, 0.25) is 0 Å². The Hall–Kier alpha value is -2.34. The minimum Gasteiger partial charge on any atom is -0.427 e. The van der Waals surface area contributed by atoms with Crippen LogP contribution in [0.3, 0.4) is 0 Å². The maximum atomic E-state index is 11.9. The van der Waals surface area contributed by atoms with Gasteiger partial charge in [0.05, 0.1) is 11.1 Å². The SMILES string of the molecule is O=C(N=NOB(O)ON=NC(=O)c1ccccc1OI)c1ccccc1OI. The Morgan fingerprint density at radius 3 is 1.57 bits per heavy atom. The van der Waals surface area contributed by atoms with Crippen molar-refractivity contribution in [2.45, 2.75) is 0 Å². The Labute approximate surface area is 186 Å². The Morgan fingerprint density at radius 1 is 0.786 bits per heavy atom. The number of carbonyl (C=O) groups is 2. The summed E-state index contributed by atoms with van der Waals surface area (Å²) < 4.78 is 18.7. The van der Waals surface area contributed by atoms with E-state index in [1.165, 1.54) is 12.1 Å². The van der Waals surface area contributed by atoms with E-state index in [4.69, 9.17) is 6.13 Å². The molecule has 0 atom stereocenters. The lowest BCUT2D eigenvalue weighted by Crippen LogP contribution is -2.17. The van der Waals surface area contributed by atoms with Gasteiger partial charge in [-0.05, 0) is 24.3 Å². The zero-order chi connectivity index (χ0) is 20.4. The molecule has 0 aliphatic rings. The Morgan fingerprint density at radius 2 is 1.18 bits per heavy atom. The van der Waals surface area contributed by atoms with Gasteiger partial charge in [0.1, 0.15) is 11.5 Å². The first-order chi connectivity index (χ1) is 13.6. The molecule has 0 spiro atoms. The first-order valence-electron chi connectivity index (χ1n) is 7.22. The van der Waals surface area contributed by atoms with E-state index in [2.05, 4.69) is 30.3 Å². The molecule has 28 heavy (non-hydrogen) atoms. The van der Waals surface area contributed by atoms with E-state index in [9.17, 15) is 14.6 Å². The quantitative estimate of drug-likeness (QED) is 0.207. The molecule has 0 saturated carbocycles. The van der Waals surface area contributed by atoms with E-state index in [0.29, 0.717) is 0 Å². The fraction of sp³-hybridized carbons (Fsp3) is 0. The van der Waals surface area contributed by atoms with Crippen LogP contribution in [0.25, 0.3) is 0 Å². The fourth-order valence-corrected chi connectivity index (χ4v) is 2.52. The van der Waals surface area contributed by atoms with Crippen LogP contribution in [-0.4, -0.2) is 24.2 Å². The third-order valence-electron chi connectivity index (χ3n) is 2.94. The second-order valence-electron chi connectivity index (χ2n) is 4.64. The van der Waals surface area contributed by atoms with Gasteiger partial charge in [-0.15, -0.1) is 0 Å². The fourth-order valence-electron chi connectivity index (χ4n) is 1.75. The highest BCUT2D eigenvalue weighted by atomic mass is 127. The van der Waals surface area contributed by atoms with Crippen LogP contribution in [0.5, 0.6) is 11.5 Å². The van der Waals surface area contributed by atoms with E-state index in [1.807, 2.05) is 0 Å². The van der Waals surface area contributed by atoms with Crippen LogP contribution in [0.1, 0.15) is 20.7 Å². The number of nitrogens with zero attached hydrogens (tertiary/aromatic N) is 4. The summed E-state index contributed by atoms with van der Waals surface area (Å²) in [5.74, 6) is -0.975. The Kier molecular flexibility index (Phi) is 9.02. The molecule has 0 aliphatic carbocycles. The van der Waals surface area contributed by atoms with Gasteiger partial charge < -0.3 is 20.7 Å². The minimum atomic E-state index is -2.04. The molecule has 144 valence electrons. The highest BCUT2D eigenvalue weighted by molar-refractivity contribution is 14.1. The van der Waals surface area contributed by atoms with Gasteiger partial charge in [0.25, 0.3) is 0 Å². The number of amides is 2. The summed E-state index contributed by atoms with van der Waals surface area (Å²) in [6, 6.07) is 12.6. The maximum absolute atomic E-state index is 11.9. The summed E-state index contributed by atoms with van der Waals surface area (Å²) in [7, 11) is -2.04. The monoisotopic (exact) mass is 610 g/mol.